The normalized spacial score (nSPS) is 12.8. The Labute approximate surface area is 113 Å². The third-order valence-electron chi connectivity index (χ3n) is 3.10. The lowest BCUT2D eigenvalue weighted by atomic mass is 10.0. The zero-order valence-electron chi connectivity index (χ0n) is 11.3. The summed E-state index contributed by atoms with van der Waals surface area (Å²) in [5, 5.41) is 3.80. The van der Waals surface area contributed by atoms with E-state index in [-0.39, 0.29) is 11.9 Å². The van der Waals surface area contributed by atoms with Crippen LogP contribution in [0, 0.1) is 5.92 Å². The molecular weight excluding hydrogens is 240 g/mol. The maximum Gasteiger partial charge on any atom is 0.255 e. The molecule has 0 saturated carbocycles. The van der Waals surface area contributed by atoms with E-state index in [1.807, 2.05) is 24.3 Å². The van der Waals surface area contributed by atoms with Crippen molar-refractivity contribution in [3.63, 3.8) is 0 Å². The lowest BCUT2D eigenvalue weighted by molar-refractivity contribution is 0.0934. The predicted octanol–water partition coefficient (Wildman–Crippen LogP) is 2.54. The number of fused-ring (bicyclic) bond motifs is 1. The van der Waals surface area contributed by atoms with Gasteiger partial charge in [0.25, 0.3) is 5.91 Å². The van der Waals surface area contributed by atoms with Crippen molar-refractivity contribution < 1.29 is 9.21 Å². The third-order valence-corrected chi connectivity index (χ3v) is 3.10. The molecule has 4 nitrogen and oxygen atoms in total. The number of carbonyl (C=O) groups is 1. The number of para-hydroxylation sites is 1. The average molecular weight is 260 g/mol. The second kappa shape index (κ2) is 5.89. The van der Waals surface area contributed by atoms with Crippen LogP contribution in [0.15, 0.2) is 34.9 Å². The van der Waals surface area contributed by atoms with E-state index in [2.05, 4.69) is 19.2 Å². The van der Waals surface area contributed by atoms with Crippen molar-refractivity contribution in [2.24, 2.45) is 11.7 Å². The van der Waals surface area contributed by atoms with E-state index in [0.29, 0.717) is 18.0 Å². The number of nitrogens with two attached hydrogens (primary N) is 1. The number of amides is 1. The van der Waals surface area contributed by atoms with Gasteiger partial charge in [0.15, 0.2) is 0 Å². The molecule has 0 fully saturated rings. The zero-order valence-corrected chi connectivity index (χ0v) is 11.3. The van der Waals surface area contributed by atoms with E-state index >= 15 is 0 Å². The SMILES string of the molecule is CC(C)CC(CN)NC(=O)c1coc2ccccc12. The molecule has 0 saturated heterocycles. The molecule has 0 spiro atoms. The van der Waals surface area contributed by atoms with Crippen molar-refractivity contribution in [3.05, 3.63) is 36.1 Å². The molecule has 3 N–H and O–H groups in total. The van der Waals surface area contributed by atoms with Crippen LogP contribution in [0.25, 0.3) is 11.0 Å². The predicted molar refractivity (Wildman–Crippen MR) is 76.0 cm³/mol. The van der Waals surface area contributed by atoms with E-state index in [4.69, 9.17) is 10.2 Å². The number of hydrogen-bond donors (Lipinski definition) is 2. The highest BCUT2D eigenvalue weighted by Gasteiger charge is 2.17. The fraction of sp³-hybridized carbons (Fsp3) is 0.400. The van der Waals surface area contributed by atoms with Crippen molar-refractivity contribution in [1.29, 1.82) is 0 Å². The average Bonchev–Trinajstić information content (AvgIpc) is 2.81. The first kappa shape index (κ1) is 13.6. The number of carbonyl (C=O) groups excluding carboxylic acids is 1. The van der Waals surface area contributed by atoms with Gasteiger partial charge in [-0.1, -0.05) is 32.0 Å². The molecule has 2 aromatic rings. The van der Waals surface area contributed by atoms with Crippen LogP contribution in [-0.2, 0) is 0 Å². The van der Waals surface area contributed by atoms with E-state index in [1.165, 1.54) is 6.26 Å². The molecule has 102 valence electrons. The smallest absolute Gasteiger partial charge is 0.255 e. The molecule has 0 aliphatic carbocycles. The van der Waals surface area contributed by atoms with Crippen LogP contribution in [0.5, 0.6) is 0 Å². The molecule has 1 aromatic carbocycles. The molecule has 1 atom stereocenters. The van der Waals surface area contributed by atoms with Crippen molar-refractivity contribution in [1.82, 2.24) is 5.32 Å². The Balaban J connectivity index is 2.15. The molecule has 1 heterocycles. The lowest BCUT2D eigenvalue weighted by Gasteiger charge is -2.18. The minimum Gasteiger partial charge on any atom is -0.463 e. The van der Waals surface area contributed by atoms with Crippen LogP contribution < -0.4 is 11.1 Å². The van der Waals surface area contributed by atoms with Gasteiger partial charge in [0.05, 0.1) is 5.56 Å². The quantitative estimate of drug-likeness (QED) is 0.868. The molecule has 0 bridgehead atoms. The summed E-state index contributed by atoms with van der Waals surface area (Å²) in [6, 6.07) is 7.51. The molecule has 0 aliphatic rings. The maximum atomic E-state index is 12.2. The Hall–Kier alpha value is -1.81. The largest absolute Gasteiger partial charge is 0.463 e. The van der Waals surface area contributed by atoms with Crippen LogP contribution in [0.2, 0.25) is 0 Å². The van der Waals surface area contributed by atoms with Gasteiger partial charge in [0.2, 0.25) is 0 Å². The molecule has 19 heavy (non-hydrogen) atoms. The Bertz CT molecular complexity index is 560. The first-order chi connectivity index (χ1) is 9.11. The van der Waals surface area contributed by atoms with Gasteiger partial charge in [-0.05, 0) is 18.4 Å². The van der Waals surface area contributed by atoms with Gasteiger partial charge in [-0.2, -0.15) is 0 Å². The van der Waals surface area contributed by atoms with Gasteiger partial charge >= 0.3 is 0 Å². The molecule has 1 unspecified atom stereocenters. The number of nitrogens with one attached hydrogen (secondary N) is 1. The summed E-state index contributed by atoms with van der Waals surface area (Å²) in [6.45, 7) is 4.67. The fourth-order valence-electron chi connectivity index (χ4n) is 2.20. The zero-order chi connectivity index (χ0) is 13.8. The molecule has 4 heteroatoms. The maximum absolute atomic E-state index is 12.2. The molecule has 1 amide bonds. The molecule has 0 radical (unpaired) electrons. The summed E-state index contributed by atoms with van der Waals surface area (Å²) in [7, 11) is 0. The van der Waals surface area contributed by atoms with E-state index in [9.17, 15) is 4.79 Å². The molecule has 1 aromatic heterocycles. The summed E-state index contributed by atoms with van der Waals surface area (Å²) in [5.74, 6) is 0.371. The van der Waals surface area contributed by atoms with Crippen molar-refractivity contribution in [2.45, 2.75) is 26.3 Å². The number of rotatable bonds is 5. The minimum absolute atomic E-state index is 0.00108. The van der Waals surface area contributed by atoms with Crippen molar-refractivity contribution in [3.8, 4) is 0 Å². The standard InChI is InChI=1S/C15H20N2O2/c1-10(2)7-11(8-16)17-15(18)13-9-19-14-6-4-3-5-12(13)14/h3-6,9-11H,7-8,16H2,1-2H3,(H,17,18). The Kier molecular flexibility index (Phi) is 4.22. The third kappa shape index (κ3) is 3.15. The van der Waals surface area contributed by atoms with E-state index in [0.717, 1.165) is 17.4 Å². The Morgan fingerprint density at radius 2 is 2.11 bits per heavy atom. The summed E-state index contributed by atoms with van der Waals surface area (Å²) >= 11 is 0. The first-order valence-electron chi connectivity index (χ1n) is 6.59. The highest BCUT2D eigenvalue weighted by atomic mass is 16.3. The van der Waals surface area contributed by atoms with Gasteiger partial charge in [-0.3, -0.25) is 4.79 Å². The topological polar surface area (TPSA) is 68.3 Å². The number of furan rings is 1. The van der Waals surface area contributed by atoms with Crippen LogP contribution in [0.4, 0.5) is 0 Å². The monoisotopic (exact) mass is 260 g/mol. The second-order valence-corrected chi connectivity index (χ2v) is 5.18. The second-order valence-electron chi connectivity index (χ2n) is 5.18. The number of hydrogen-bond acceptors (Lipinski definition) is 3. The fourth-order valence-corrected chi connectivity index (χ4v) is 2.20. The highest BCUT2D eigenvalue weighted by Crippen LogP contribution is 2.20. The molecular formula is C15H20N2O2. The van der Waals surface area contributed by atoms with Gasteiger partial charge in [0, 0.05) is 18.0 Å². The highest BCUT2D eigenvalue weighted by molar-refractivity contribution is 6.05. The minimum atomic E-state index is -0.124. The van der Waals surface area contributed by atoms with Gasteiger partial charge in [0.1, 0.15) is 11.8 Å². The lowest BCUT2D eigenvalue weighted by Crippen LogP contribution is -2.40. The summed E-state index contributed by atoms with van der Waals surface area (Å²) in [4.78, 5) is 12.2. The van der Waals surface area contributed by atoms with E-state index in [1.54, 1.807) is 0 Å². The van der Waals surface area contributed by atoms with Crippen LogP contribution in [0.3, 0.4) is 0 Å². The van der Waals surface area contributed by atoms with Crippen molar-refractivity contribution >= 4 is 16.9 Å². The van der Waals surface area contributed by atoms with Crippen LogP contribution in [0.1, 0.15) is 30.6 Å². The molecule has 0 aliphatic heterocycles. The van der Waals surface area contributed by atoms with Gasteiger partial charge < -0.3 is 15.5 Å². The van der Waals surface area contributed by atoms with Gasteiger partial charge in [-0.15, -0.1) is 0 Å². The first-order valence-corrected chi connectivity index (χ1v) is 6.59. The van der Waals surface area contributed by atoms with E-state index < -0.39 is 0 Å². The summed E-state index contributed by atoms with van der Waals surface area (Å²) in [5.41, 5.74) is 6.99. The Morgan fingerprint density at radius 3 is 2.79 bits per heavy atom. The van der Waals surface area contributed by atoms with Crippen LogP contribution >= 0.6 is 0 Å². The summed E-state index contributed by atoms with van der Waals surface area (Å²) in [6.07, 6.45) is 2.38. The van der Waals surface area contributed by atoms with Crippen LogP contribution in [-0.4, -0.2) is 18.5 Å². The van der Waals surface area contributed by atoms with Gasteiger partial charge in [-0.25, -0.2) is 0 Å². The number of benzene rings is 1. The molecule has 2 rings (SSSR count). The van der Waals surface area contributed by atoms with Crippen molar-refractivity contribution in [2.75, 3.05) is 6.54 Å². The summed E-state index contributed by atoms with van der Waals surface area (Å²) < 4.78 is 5.37. The Morgan fingerprint density at radius 1 is 1.37 bits per heavy atom.